The highest BCUT2D eigenvalue weighted by molar-refractivity contribution is 5.81. The van der Waals surface area contributed by atoms with Crippen molar-refractivity contribution in [3.8, 4) is 0 Å². The molecular weight excluding hydrogens is 134 g/mol. The summed E-state index contributed by atoms with van der Waals surface area (Å²) in [4.78, 5) is 4.02. The van der Waals surface area contributed by atoms with Gasteiger partial charge in [0.05, 0.1) is 0 Å². The van der Waals surface area contributed by atoms with Crippen molar-refractivity contribution in [3.63, 3.8) is 0 Å². The van der Waals surface area contributed by atoms with Gasteiger partial charge in [0, 0.05) is 17.8 Å². The van der Waals surface area contributed by atoms with E-state index < -0.39 is 0 Å². The van der Waals surface area contributed by atoms with Crippen LogP contribution in [0.3, 0.4) is 0 Å². The molecule has 0 amide bonds. The number of aromatic nitrogens is 1. The summed E-state index contributed by atoms with van der Waals surface area (Å²) in [6, 6.07) is 9.33. The van der Waals surface area contributed by atoms with Crippen LogP contribution < -0.4 is 0 Å². The Morgan fingerprint density at radius 2 is 2.18 bits per heavy atom. The van der Waals surface area contributed by atoms with Gasteiger partial charge in [0.25, 0.3) is 0 Å². The first kappa shape index (κ1) is 6.35. The lowest BCUT2D eigenvalue weighted by atomic mass is 10.1. The molecule has 1 aromatic heterocycles. The van der Waals surface area contributed by atoms with E-state index in [9.17, 15) is 0 Å². The van der Waals surface area contributed by atoms with E-state index >= 15 is 0 Å². The van der Waals surface area contributed by atoms with Gasteiger partial charge in [0.15, 0.2) is 0 Å². The minimum absolute atomic E-state index is 1.14. The Morgan fingerprint density at radius 1 is 1.27 bits per heavy atom. The zero-order valence-corrected chi connectivity index (χ0v) is 6.33. The summed E-state index contributed by atoms with van der Waals surface area (Å²) in [5.41, 5.74) is 1.17. The van der Waals surface area contributed by atoms with Gasteiger partial charge in [0.1, 0.15) is 0 Å². The molecule has 0 atom stereocenters. The summed E-state index contributed by atoms with van der Waals surface area (Å²) in [6.07, 6.45) is 3.64. The van der Waals surface area contributed by atoms with Crippen molar-refractivity contribution in [2.45, 2.75) is 6.92 Å². The molecule has 1 nitrogen and oxygen atoms in total. The minimum atomic E-state index is 1.14. The standard InChI is InChI=1S/C10H8N/c1-8-2-3-10-7-11-5-4-9(10)6-8/h2-5,7H,1H3. The smallest absolute Gasteiger partial charge is 0.0346 e. The van der Waals surface area contributed by atoms with Crippen LogP contribution >= 0.6 is 0 Å². The van der Waals surface area contributed by atoms with Crippen molar-refractivity contribution >= 4 is 10.8 Å². The average molecular weight is 142 g/mol. The van der Waals surface area contributed by atoms with E-state index in [0.717, 1.165) is 10.8 Å². The number of hydrogen-bond donors (Lipinski definition) is 0. The van der Waals surface area contributed by atoms with E-state index in [4.69, 9.17) is 0 Å². The predicted molar refractivity (Wildman–Crippen MR) is 45.3 cm³/mol. The molecule has 0 aliphatic heterocycles. The van der Waals surface area contributed by atoms with Gasteiger partial charge in [-0.05, 0) is 30.0 Å². The number of pyridine rings is 1. The Hall–Kier alpha value is -1.37. The fourth-order valence-corrected chi connectivity index (χ4v) is 1.12. The number of benzene rings is 1. The van der Waals surface area contributed by atoms with Crippen molar-refractivity contribution in [2.75, 3.05) is 0 Å². The van der Waals surface area contributed by atoms with Crippen LogP contribution in [0.5, 0.6) is 0 Å². The van der Waals surface area contributed by atoms with Gasteiger partial charge in [-0.3, -0.25) is 4.98 Å². The molecule has 2 rings (SSSR count). The van der Waals surface area contributed by atoms with Gasteiger partial charge in [-0.2, -0.15) is 0 Å². The molecule has 0 saturated heterocycles. The average Bonchev–Trinajstić information content (AvgIpc) is 2.04. The summed E-state index contributed by atoms with van der Waals surface area (Å²) in [6.45, 7) is 2.04. The Kier molecular flexibility index (Phi) is 1.35. The van der Waals surface area contributed by atoms with Gasteiger partial charge in [-0.15, -0.1) is 0 Å². The zero-order chi connectivity index (χ0) is 7.68. The van der Waals surface area contributed by atoms with Gasteiger partial charge in [-0.1, -0.05) is 12.1 Å². The lowest BCUT2D eigenvalue weighted by Gasteiger charge is -1.95. The second-order valence-corrected chi connectivity index (χ2v) is 2.60. The third-order valence-corrected chi connectivity index (χ3v) is 1.70. The Labute approximate surface area is 65.7 Å². The second kappa shape index (κ2) is 2.35. The number of nitrogens with zero attached hydrogens (tertiary/aromatic N) is 1. The Morgan fingerprint density at radius 3 is 3.09 bits per heavy atom. The fraction of sp³-hybridized carbons (Fsp3) is 0.100. The molecule has 0 spiro atoms. The van der Waals surface area contributed by atoms with Crippen molar-refractivity contribution in [3.05, 3.63) is 42.2 Å². The van der Waals surface area contributed by atoms with Gasteiger partial charge in [0.2, 0.25) is 0 Å². The van der Waals surface area contributed by atoms with E-state index in [1.54, 1.807) is 6.20 Å². The van der Waals surface area contributed by atoms with Crippen LogP contribution in [0, 0.1) is 13.0 Å². The topological polar surface area (TPSA) is 12.9 Å². The van der Waals surface area contributed by atoms with Gasteiger partial charge < -0.3 is 0 Å². The summed E-state index contributed by atoms with van der Waals surface area (Å²) in [5, 5.41) is 2.29. The molecule has 0 N–H and O–H groups in total. The van der Waals surface area contributed by atoms with Crippen LogP contribution in [0.15, 0.2) is 30.6 Å². The molecule has 0 aliphatic rings. The molecule has 11 heavy (non-hydrogen) atoms. The summed E-state index contributed by atoms with van der Waals surface area (Å²) < 4.78 is 0. The Bertz CT molecular complexity index is 379. The first-order valence-corrected chi connectivity index (χ1v) is 3.59. The summed E-state index contributed by atoms with van der Waals surface area (Å²) in [5.74, 6) is 0. The predicted octanol–water partition coefficient (Wildman–Crippen LogP) is 2.34. The van der Waals surface area contributed by atoms with E-state index in [0.29, 0.717) is 0 Å². The normalized spacial score (nSPS) is 10.3. The SMILES string of the molecule is Cc1[c]c2ccncc2cc1. The van der Waals surface area contributed by atoms with Crippen LogP contribution in [0.1, 0.15) is 5.56 Å². The van der Waals surface area contributed by atoms with Crippen LogP contribution in [0.25, 0.3) is 10.8 Å². The molecule has 1 aromatic carbocycles. The van der Waals surface area contributed by atoms with Crippen molar-refractivity contribution < 1.29 is 0 Å². The van der Waals surface area contributed by atoms with Crippen LogP contribution in [-0.4, -0.2) is 4.98 Å². The largest absolute Gasteiger partial charge is 0.264 e. The summed E-state index contributed by atoms with van der Waals surface area (Å²) >= 11 is 0. The first-order chi connectivity index (χ1) is 5.36. The second-order valence-electron chi connectivity index (χ2n) is 2.60. The van der Waals surface area contributed by atoms with Crippen molar-refractivity contribution in [2.24, 2.45) is 0 Å². The number of rotatable bonds is 0. The quantitative estimate of drug-likeness (QED) is 0.550. The van der Waals surface area contributed by atoms with Crippen LogP contribution in [0.2, 0.25) is 0 Å². The molecule has 0 unspecified atom stereocenters. The highest BCUT2D eigenvalue weighted by Gasteiger charge is 1.91. The molecule has 1 heterocycles. The van der Waals surface area contributed by atoms with E-state index in [1.807, 2.05) is 25.3 Å². The maximum Gasteiger partial charge on any atom is 0.0346 e. The lowest BCUT2D eigenvalue weighted by Crippen LogP contribution is -1.76. The molecule has 0 fully saturated rings. The first-order valence-electron chi connectivity index (χ1n) is 3.59. The van der Waals surface area contributed by atoms with Crippen LogP contribution in [-0.2, 0) is 0 Å². The lowest BCUT2D eigenvalue weighted by molar-refractivity contribution is 1.36. The third-order valence-electron chi connectivity index (χ3n) is 1.70. The van der Waals surface area contributed by atoms with Gasteiger partial charge >= 0.3 is 0 Å². The maximum atomic E-state index is 4.02. The molecule has 1 radical (unpaired) electrons. The number of aryl methyl sites for hydroxylation is 1. The Balaban J connectivity index is 2.83. The third kappa shape index (κ3) is 1.09. The fourth-order valence-electron chi connectivity index (χ4n) is 1.12. The van der Waals surface area contributed by atoms with E-state index in [1.165, 1.54) is 5.56 Å². The molecule has 0 bridgehead atoms. The van der Waals surface area contributed by atoms with Crippen molar-refractivity contribution in [1.29, 1.82) is 0 Å². The molecule has 0 aliphatic carbocycles. The molecular formula is C10H8N. The molecule has 53 valence electrons. The number of fused-ring (bicyclic) bond motifs is 1. The maximum absolute atomic E-state index is 4.02. The monoisotopic (exact) mass is 142 g/mol. The van der Waals surface area contributed by atoms with Gasteiger partial charge in [-0.25, -0.2) is 0 Å². The number of hydrogen-bond acceptors (Lipinski definition) is 1. The molecule has 1 heteroatoms. The molecule has 0 saturated carbocycles. The highest BCUT2D eigenvalue weighted by Crippen LogP contribution is 2.12. The van der Waals surface area contributed by atoms with Crippen molar-refractivity contribution in [1.82, 2.24) is 4.98 Å². The molecule has 2 aromatic rings. The minimum Gasteiger partial charge on any atom is -0.264 e. The highest BCUT2D eigenvalue weighted by atomic mass is 14.6. The summed E-state index contributed by atoms with van der Waals surface area (Å²) in [7, 11) is 0. The van der Waals surface area contributed by atoms with E-state index in [2.05, 4.69) is 17.1 Å². The van der Waals surface area contributed by atoms with Crippen LogP contribution in [0.4, 0.5) is 0 Å². The van der Waals surface area contributed by atoms with E-state index in [-0.39, 0.29) is 0 Å². The zero-order valence-electron chi connectivity index (χ0n) is 6.33.